The molecule has 3 aromatic rings. The minimum Gasteiger partial charge on any atom is -0.507 e. The maximum Gasteiger partial charge on any atom is 0.275 e. The van der Waals surface area contributed by atoms with E-state index in [1.165, 1.54) is 18.3 Å². The normalized spacial score (nSPS) is 10.9. The average Bonchev–Trinajstić information content (AvgIpc) is 2.75. The fourth-order valence-electron chi connectivity index (χ4n) is 2.75. The first-order chi connectivity index (χ1) is 15.4. The van der Waals surface area contributed by atoms with E-state index in [9.17, 15) is 9.90 Å². The highest BCUT2D eigenvalue weighted by Gasteiger charge is 2.14. The lowest BCUT2D eigenvalue weighted by molar-refractivity contribution is 0.0952. The summed E-state index contributed by atoms with van der Waals surface area (Å²) >= 11 is 14.3. The van der Waals surface area contributed by atoms with Crippen molar-refractivity contribution in [1.82, 2.24) is 5.43 Å². The fourth-order valence-corrected chi connectivity index (χ4v) is 3.99. The van der Waals surface area contributed by atoms with Crippen molar-refractivity contribution in [2.45, 2.75) is 13.5 Å². The molecule has 166 valence electrons. The predicted molar refractivity (Wildman–Crippen MR) is 134 cm³/mol. The number of amides is 1. The first kappa shape index (κ1) is 24.2. The summed E-state index contributed by atoms with van der Waals surface area (Å²) in [5.41, 5.74) is 4.04. The quantitative estimate of drug-likeness (QED) is 0.192. The van der Waals surface area contributed by atoms with Crippen LogP contribution in [0.2, 0.25) is 10.0 Å². The van der Waals surface area contributed by atoms with Gasteiger partial charge in [0.25, 0.3) is 5.91 Å². The Morgan fingerprint density at radius 1 is 1.16 bits per heavy atom. The second-order valence-electron chi connectivity index (χ2n) is 6.50. The summed E-state index contributed by atoms with van der Waals surface area (Å²) in [6, 6.07) is 15.1. The SMILES string of the molecule is CCOc1cc(/C=N\NC(=O)c2ccccc2O)cc(I)c1OCc1ccc(Cl)cc1Cl. The predicted octanol–water partition coefficient (Wildman–Crippen LogP) is 6.05. The summed E-state index contributed by atoms with van der Waals surface area (Å²) in [5.74, 6) is 0.487. The molecule has 9 heteroatoms. The lowest BCUT2D eigenvalue weighted by Gasteiger charge is -2.15. The van der Waals surface area contributed by atoms with E-state index < -0.39 is 5.91 Å². The zero-order valence-electron chi connectivity index (χ0n) is 16.9. The van der Waals surface area contributed by atoms with Crippen molar-refractivity contribution in [3.63, 3.8) is 0 Å². The molecule has 0 saturated heterocycles. The molecule has 0 heterocycles. The summed E-state index contributed by atoms with van der Waals surface area (Å²) in [4.78, 5) is 12.2. The number of phenolic OH excluding ortho intramolecular Hbond substituents is 1. The molecule has 32 heavy (non-hydrogen) atoms. The van der Waals surface area contributed by atoms with Gasteiger partial charge in [0, 0.05) is 15.6 Å². The topological polar surface area (TPSA) is 80.2 Å². The number of aromatic hydroxyl groups is 1. The molecule has 0 atom stereocenters. The molecule has 3 rings (SSSR count). The molecule has 0 saturated carbocycles. The Morgan fingerprint density at radius 2 is 1.94 bits per heavy atom. The van der Waals surface area contributed by atoms with E-state index in [1.807, 2.05) is 19.1 Å². The number of rotatable bonds is 8. The van der Waals surface area contributed by atoms with Gasteiger partial charge in [-0.25, -0.2) is 5.43 Å². The molecule has 6 nitrogen and oxygen atoms in total. The van der Waals surface area contributed by atoms with Gasteiger partial charge in [0.05, 0.1) is 22.0 Å². The number of para-hydroxylation sites is 1. The highest BCUT2D eigenvalue weighted by atomic mass is 127. The number of hydrogen-bond acceptors (Lipinski definition) is 5. The summed E-state index contributed by atoms with van der Waals surface area (Å²) in [6.45, 7) is 2.56. The molecule has 3 aromatic carbocycles. The van der Waals surface area contributed by atoms with Gasteiger partial charge in [-0.2, -0.15) is 5.10 Å². The first-order valence-electron chi connectivity index (χ1n) is 9.53. The second kappa shape index (κ2) is 11.4. The molecule has 0 aliphatic heterocycles. The highest BCUT2D eigenvalue weighted by Crippen LogP contribution is 2.35. The van der Waals surface area contributed by atoms with Gasteiger partial charge in [0.1, 0.15) is 12.4 Å². The number of nitrogens with one attached hydrogen (secondary N) is 1. The van der Waals surface area contributed by atoms with Crippen LogP contribution in [-0.2, 0) is 6.61 Å². The van der Waals surface area contributed by atoms with Crippen molar-refractivity contribution in [3.8, 4) is 17.2 Å². The maximum atomic E-state index is 12.2. The highest BCUT2D eigenvalue weighted by molar-refractivity contribution is 14.1. The van der Waals surface area contributed by atoms with Gasteiger partial charge in [0.2, 0.25) is 0 Å². The van der Waals surface area contributed by atoms with Gasteiger partial charge in [-0.1, -0.05) is 41.4 Å². The van der Waals surface area contributed by atoms with Crippen molar-refractivity contribution in [1.29, 1.82) is 0 Å². The number of ether oxygens (including phenoxy) is 2. The average molecular weight is 585 g/mol. The Kier molecular flexibility index (Phi) is 8.60. The van der Waals surface area contributed by atoms with Crippen LogP contribution >= 0.6 is 45.8 Å². The van der Waals surface area contributed by atoms with Gasteiger partial charge in [0.15, 0.2) is 11.5 Å². The van der Waals surface area contributed by atoms with Crippen LogP contribution in [-0.4, -0.2) is 23.8 Å². The van der Waals surface area contributed by atoms with E-state index in [4.69, 9.17) is 32.7 Å². The molecule has 0 fully saturated rings. The Labute approximate surface area is 209 Å². The zero-order valence-corrected chi connectivity index (χ0v) is 20.6. The van der Waals surface area contributed by atoms with Gasteiger partial charge >= 0.3 is 0 Å². The van der Waals surface area contributed by atoms with Gasteiger partial charge in [-0.15, -0.1) is 0 Å². The number of hydrogen-bond donors (Lipinski definition) is 2. The smallest absolute Gasteiger partial charge is 0.275 e. The summed E-state index contributed by atoms with van der Waals surface area (Å²) < 4.78 is 12.5. The lowest BCUT2D eigenvalue weighted by Crippen LogP contribution is -2.17. The minimum absolute atomic E-state index is 0.115. The molecule has 0 aromatic heterocycles. The molecular weight excluding hydrogens is 566 g/mol. The lowest BCUT2D eigenvalue weighted by atomic mass is 10.2. The van der Waals surface area contributed by atoms with Crippen LogP contribution in [0.1, 0.15) is 28.4 Å². The number of hydrazone groups is 1. The van der Waals surface area contributed by atoms with Gasteiger partial charge in [-0.3, -0.25) is 4.79 Å². The number of nitrogens with zero attached hydrogens (tertiary/aromatic N) is 1. The van der Waals surface area contributed by atoms with Crippen molar-refractivity contribution in [2.75, 3.05) is 6.61 Å². The van der Waals surface area contributed by atoms with E-state index in [-0.39, 0.29) is 17.9 Å². The van der Waals surface area contributed by atoms with Crippen LogP contribution in [0, 0.1) is 3.57 Å². The molecule has 0 aliphatic carbocycles. The van der Waals surface area contributed by atoms with E-state index in [0.717, 1.165) is 9.13 Å². The van der Waals surface area contributed by atoms with Crippen molar-refractivity contribution >= 4 is 57.9 Å². The molecule has 1 amide bonds. The first-order valence-corrected chi connectivity index (χ1v) is 11.4. The van der Waals surface area contributed by atoms with Crippen LogP contribution in [0.15, 0.2) is 59.7 Å². The number of carbonyl (C=O) groups excluding carboxylic acids is 1. The van der Waals surface area contributed by atoms with Crippen molar-refractivity contribution in [2.24, 2.45) is 5.10 Å². The molecule has 0 radical (unpaired) electrons. The Bertz CT molecular complexity index is 1150. The molecular formula is C23H19Cl2IN2O4. The maximum absolute atomic E-state index is 12.2. The van der Waals surface area contributed by atoms with Gasteiger partial charge in [-0.05, 0) is 71.5 Å². The summed E-state index contributed by atoms with van der Waals surface area (Å²) in [5, 5.41) is 14.8. The zero-order chi connectivity index (χ0) is 23.1. The number of halogens is 3. The monoisotopic (exact) mass is 584 g/mol. The Balaban J connectivity index is 1.75. The van der Waals surface area contributed by atoms with E-state index in [2.05, 4.69) is 33.1 Å². The van der Waals surface area contributed by atoms with Gasteiger partial charge < -0.3 is 14.6 Å². The minimum atomic E-state index is -0.515. The van der Waals surface area contributed by atoms with E-state index in [0.29, 0.717) is 33.7 Å². The third-order valence-electron chi connectivity index (χ3n) is 4.25. The number of carbonyl (C=O) groups is 1. The number of phenols is 1. The summed E-state index contributed by atoms with van der Waals surface area (Å²) in [6.07, 6.45) is 1.49. The fraction of sp³-hybridized carbons (Fsp3) is 0.130. The van der Waals surface area contributed by atoms with Crippen molar-refractivity contribution in [3.05, 3.63) is 84.9 Å². The number of benzene rings is 3. The molecule has 0 bridgehead atoms. The van der Waals surface area contributed by atoms with Crippen LogP contribution in [0.5, 0.6) is 17.2 Å². The van der Waals surface area contributed by atoms with Crippen molar-refractivity contribution < 1.29 is 19.4 Å². The van der Waals surface area contributed by atoms with Crippen LogP contribution in [0.4, 0.5) is 0 Å². The van der Waals surface area contributed by atoms with Crippen LogP contribution in [0.25, 0.3) is 0 Å². The standard InChI is InChI=1S/C23H19Cl2IN2O4/c1-2-31-21-10-14(12-27-28-23(30)17-5-3-4-6-20(17)29)9-19(26)22(21)32-13-15-7-8-16(24)11-18(15)25/h3-12,29H,2,13H2,1H3,(H,28,30)/b27-12-. The largest absolute Gasteiger partial charge is 0.507 e. The third-order valence-corrected chi connectivity index (χ3v) is 5.64. The molecule has 0 unspecified atom stereocenters. The van der Waals surface area contributed by atoms with E-state index >= 15 is 0 Å². The molecule has 0 aliphatic rings. The molecule has 0 spiro atoms. The Hall–Kier alpha value is -2.49. The Morgan fingerprint density at radius 3 is 2.66 bits per heavy atom. The van der Waals surface area contributed by atoms with Crippen LogP contribution in [0.3, 0.4) is 0 Å². The third kappa shape index (κ3) is 6.27. The summed E-state index contributed by atoms with van der Waals surface area (Å²) in [7, 11) is 0. The molecule has 2 N–H and O–H groups in total. The van der Waals surface area contributed by atoms with Crippen LogP contribution < -0.4 is 14.9 Å². The second-order valence-corrected chi connectivity index (χ2v) is 8.51. The van der Waals surface area contributed by atoms with E-state index in [1.54, 1.807) is 30.3 Å².